The number of hydrogen-bond donors (Lipinski definition) is 2. The maximum atomic E-state index is 8.61. The van der Waals surface area contributed by atoms with Crippen molar-refractivity contribution in [2.75, 3.05) is 13.2 Å². The lowest BCUT2D eigenvalue weighted by Crippen LogP contribution is -2.34. The number of hydrogen-bond acceptors (Lipinski definition) is 2. The molecular formula is C10H21NO. The van der Waals surface area contributed by atoms with Gasteiger partial charge in [-0.15, -0.1) is 0 Å². The van der Waals surface area contributed by atoms with Crippen LogP contribution in [0.15, 0.2) is 0 Å². The molecule has 1 aliphatic rings. The molecule has 0 saturated heterocycles. The van der Waals surface area contributed by atoms with E-state index in [9.17, 15) is 0 Å². The van der Waals surface area contributed by atoms with Crippen LogP contribution in [0.1, 0.15) is 39.0 Å². The molecule has 0 spiro atoms. The second-order valence-corrected chi connectivity index (χ2v) is 4.00. The quantitative estimate of drug-likeness (QED) is 0.629. The van der Waals surface area contributed by atoms with Crippen LogP contribution in [-0.4, -0.2) is 24.3 Å². The van der Waals surface area contributed by atoms with Crippen LogP contribution in [0.2, 0.25) is 0 Å². The topological polar surface area (TPSA) is 32.3 Å². The summed E-state index contributed by atoms with van der Waals surface area (Å²) in [5, 5.41) is 12.1. The third-order valence-electron chi connectivity index (χ3n) is 2.70. The molecule has 0 radical (unpaired) electrons. The van der Waals surface area contributed by atoms with E-state index in [0.717, 1.165) is 24.9 Å². The zero-order valence-electron chi connectivity index (χ0n) is 8.05. The Kier molecular flexibility index (Phi) is 4.62. The van der Waals surface area contributed by atoms with Crippen LogP contribution in [0.4, 0.5) is 0 Å². The lowest BCUT2D eigenvalue weighted by Gasteiger charge is -2.27. The second-order valence-electron chi connectivity index (χ2n) is 4.00. The van der Waals surface area contributed by atoms with Crippen molar-refractivity contribution in [3.63, 3.8) is 0 Å². The molecule has 0 heterocycles. The summed E-state index contributed by atoms with van der Waals surface area (Å²) in [6.45, 7) is 3.63. The Bertz CT molecular complexity index is 116. The van der Waals surface area contributed by atoms with Crippen molar-refractivity contribution < 1.29 is 5.11 Å². The van der Waals surface area contributed by atoms with Gasteiger partial charge in [-0.25, -0.2) is 0 Å². The Labute approximate surface area is 75.4 Å². The zero-order chi connectivity index (χ0) is 8.81. The molecule has 2 atom stereocenters. The van der Waals surface area contributed by atoms with Gasteiger partial charge in [0.15, 0.2) is 0 Å². The van der Waals surface area contributed by atoms with Gasteiger partial charge in [-0.3, -0.25) is 0 Å². The SMILES string of the molecule is C[C@H]1CCC[C@@H](NCCCO)C1. The first-order valence-electron chi connectivity index (χ1n) is 5.17. The van der Waals surface area contributed by atoms with Crippen molar-refractivity contribution in [2.24, 2.45) is 5.92 Å². The number of rotatable bonds is 4. The molecule has 0 bridgehead atoms. The fraction of sp³-hybridized carbons (Fsp3) is 1.00. The van der Waals surface area contributed by atoms with Gasteiger partial charge in [0.25, 0.3) is 0 Å². The Balaban J connectivity index is 2.06. The normalized spacial score (nSPS) is 30.5. The van der Waals surface area contributed by atoms with Crippen LogP contribution >= 0.6 is 0 Å². The molecule has 1 fully saturated rings. The third-order valence-corrected chi connectivity index (χ3v) is 2.70. The molecule has 0 aromatic heterocycles. The first kappa shape index (κ1) is 10.0. The standard InChI is InChI=1S/C10H21NO/c1-9-4-2-5-10(8-9)11-6-3-7-12/h9-12H,2-8H2,1H3/t9-,10+/m0/s1. The van der Waals surface area contributed by atoms with E-state index in [1.807, 2.05) is 0 Å². The molecule has 2 N–H and O–H groups in total. The van der Waals surface area contributed by atoms with E-state index in [0.29, 0.717) is 6.61 Å². The summed E-state index contributed by atoms with van der Waals surface area (Å²) in [7, 11) is 0. The van der Waals surface area contributed by atoms with Crippen LogP contribution < -0.4 is 5.32 Å². The Hall–Kier alpha value is -0.0800. The van der Waals surface area contributed by atoms with Crippen LogP contribution in [0, 0.1) is 5.92 Å². The maximum absolute atomic E-state index is 8.61. The fourth-order valence-electron chi connectivity index (χ4n) is 2.00. The van der Waals surface area contributed by atoms with Crippen molar-refractivity contribution in [1.82, 2.24) is 5.32 Å². The molecule has 1 rings (SSSR count). The molecule has 1 aliphatic carbocycles. The van der Waals surface area contributed by atoms with Crippen LogP contribution in [0.25, 0.3) is 0 Å². The highest BCUT2D eigenvalue weighted by Crippen LogP contribution is 2.23. The molecule has 0 aromatic rings. The molecule has 0 unspecified atom stereocenters. The second kappa shape index (κ2) is 5.55. The summed E-state index contributed by atoms with van der Waals surface area (Å²) >= 11 is 0. The van der Waals surface area contributed by atoms with Crippen molar-refractivity contribution in [2.45, 2.75) is 45.1 Å². The van der Waals surface area contributed by atoms with E-state index in [2.05, 4.69) is 12.2 Å². The van der Waals surface area contributed by atoms with Crippen LogP contribution in [0.5, 0.6) is 0 Å². The van der Waals surface area contributed by atoms with Crippen molar-refractivity contribution >= 4 is 0 Å². The number of aliphatic hydroxyl groups is 1. The highest BCUT2D eigenvalue weighted by molar-refractivity contribution is 4.75. The van der Waals surface area contributed by atoms with Crippen molar-refractivity contribution in [1.29, 1.82) is 0 Å². The average Bonchev–Trinajstić information content (AvgIpc) is 2.05. The van der Waals surface area contributed by atoms with E-state index in [-0.39, 0.29) is 0 Å². The molecular weight excluding hydrogens is 150 g/mol. The van der Waals surface area contributed by atoms with Gasteiger partial charge in [0, 0.05) is 12.6 Å². The molecule has 12 heavy (non-hydrogen) atoms. The van der Waals surface area contributed by atoms with Gasteiger partial charge in [0.1, 0.15) is 0 Å². The monoisotopic (exact) mass is 171 g/mol. The van der Waals surface area contributed by atoms with E-state index >= 15 is 0 Å². The van der Waals surface area contributed by atoms with Crippen LogP contribution in [0.3, 0.4) is 0 Å². The summed E-state index contributed by atoms with van der Waals surface area (Å²) < 4.78 is 0. The molecule has 0 aliphatic heterocycles. The summed E-state index contributed by atoms with van der Waals surface area (Å²) in [4.78, 5) is 0. The third kappa shape index (κ3) is 3.55. The molecule has 0 aromatic carbocycles. The minimum atomic E-state index is 0.315. The van der Waals surface area contributed by atoms with E-state index in [1.165, 1.54) is 25.7 Å². The van der Waals surface area contributed by atoms with Gasteiger partial charge >= 0.3 is 0 Å². The van der Waals surface area contributed by atoms with Gasteiger partial charge in [-0.05, 0) is 31.7 Å². The predicted octanol–water partition coefficient (Wildman–Crippen LogP) is 1.54. The van der Waals surface area contributed by atoms with Gasteiger partial charge < -0.3 is 10.4 Å². The minimum absolute atomic E-state index is 0.315. The Morgan fingerprint density at radius 2 is 2.25 bits per heavy atom. The molecule has 1 saturated carbocycles. The Morgan fingerprint density at radius 1 is 1.42 bits per heavy atom. The lowest BCUT2D eigenvalue weighted by atomic mass is 9.87. The van der Waals surface area contributed by atoms with E-state index in [1.54, 1.807) is 0 Å². The van der Waals surface area contributed by atoms with E-state index < -0.39 is 0 Å². The van der Waals surface area contributed by atoms with Crippen molar-refractivity contribution in [3.8, 4) is 0 Å². The van der Waals surface area contributed by atoms with Gasteiger partial charge in [-0.2, -0.15) is 0 Å². The molecule has 0 amide bonds. The molecule has 72 valence electrons. The van der Waals surface area contributed by atoms with Gasteiger partial charge in [0.05, 0.1) is 0 Å². The summed E-state index contributed by atoms with van der Waals surface area (Å²) in [6, 6.07) is 0.722. The van der Waals surface area contributed by atoms with Gasteiger partial charge in [-0.1, -0.05) is 19.8 Å². The summed E-state index contributed by atoms with van der Waals surface area (Å²) in [6.07, 6.45) is 6.32. The maximum Gasteiger partial charge on any atom is 0.0443 e. The van der Waals surface area contributed by atoms with E-state index in [4.69, 9.17) is 5.11 Å². The lowest BCUT2D eigenvalue weighted by molar-refractivity contribution is 0.266. The highest BCUT2D eigenvalue weighted by Gasteiger charge is 2.17. The minimum Gasteiger partial charge on any atom is -0.396 e. The summed E-state index contributed by atoms with van der Waals surface area (Å²) in [5.41, 5.74) is 0. The number of aliphatic hydroxyl groups excluding tert-OH is 1. The smallest absolute Gasteiger partial charge is 0.0443 e. The van der Waals surface area contributed by atoms with Crippen molar-refractivity contribution in [3.05, 3.63) is 0 Å². The largest absolute Gasteiger partial charge is 0.396 e. The first-order chi connectivity index (χ1) is 5.83. The molecule has 2 nitrogen and oxygen atoms in total. The Morgan fingerprint density at radius 3 is 2.92 bits per heavy atom. The first-order valence-corrected chi connectivity index (χ1v) is 5.17. The van der Waals surface area contributed by atoms with Gasteiger partial charge in [0.2, 0.25) is 0 Å². The summed E-state index contributed by atoms with van der Waals surface area (Å²) in [5.74, 6) is 0.894. The fourth-order valence-corrected chi connectivity index (χ4v) is 2.00. The van der Waals surface area contributed by atoms with Crippen LogP contribution in [-0.2, 0) is 0 Å². The zero-order valence-corrected chi connectivity index (χ0v) is 8.05. The highest BCUT2D eigenvalue weighted by atomic mass is 16.3. The predicted molar refractivity (Wildman–Crippen MR) is 51.1 cm³/mol. The average molecular weight is 171 g/mol. The number of nitrogens with one attached hydrogen (secondary N) is 1. The molecule has 2 heteroatoms.